The molecular formula is C11H23NO. The van der Waals surface area contributed by atoms with Crippen LogP contribution >= 0.6 is 0 Å². The molecule has 2 nitrogen and oxygen atoms in total. The Labute approximate surface area is 82.3 Å². The van der Waals surface area contributed by atoms with E-state index in [1.807, 2.05) is 0 Å². The maximum Gasteiger partial charge on any atom is 0.0462 e. The lowest BCUT2D eigenvalue weighted by Crippen LogP contribution is -2.35. The Balaban J connectivity index is 2.11. The fourth-order valence-electron chi connectivity index (χ4n) is 2.19. The van der Waals surface area contributed by atoms with E-state index in [0.717, 1.165) is 12.5 Å². The zero-order valence-corrected chi connectivity index (χ0v) is 9.09. The molecule has 0 aromatic heterocycles. The van der Waals surface area contributed by atoms with E-state index in [2.05, 4.69) is 11.8 Å². The molecule has 0 bridgehead atoms. The Morgan fingerprint density at radius 3 is 3.00 bits per heavy atom. The van der Waals surface area contributed by atoms with Crippen LogP contribution in [-0.2, 0) is 4.74 Å². The molecule has 1 saturated heterocycles. The van der Waals surface area contributed by atoms with Crippen LogP contribution in [0, 0.1) is 5.92 Å². The molecule has 1 heterocycles. The number of nitrogens with zero attached hydrogens (tertiary/aromatic N) is 1. The van der Waals surface area contributed by atoms with Crippen LogP contribution in [0.2, 0.25) is 0 Å². The predicted molar refractivity (Wildman–Crippen MR) is 55.9 cm³/mol. The van der Waals surface area contributed by atoms with Gasteiger partial charge in [-0.25, -0.2) is 0 Å². The zero-order chi connectivity index (χ0) is 9.52. The molecule has 1 rings (SSSR count). The van der Waals surface area contributed by atoms with Gasteiger partial charge in [-0.15, -0.1) is 0 Å². The highest BCUT2D eigenvalue weighted by atomic mass is 16.5. The van der Waals surface area contributed by atoms with Crippen LogP contribution < -0.4 is 0 Å². The molecule has 0 amide bonds. The molecular weight excluding hydrogens is 162 g/mol. The second kappa shape index (κ2) is 6.39. The SMILES string of the molecule is CCN1CCC[C@@H](CCCOC)C1. The highest BCUT2D eigenvalue weighted by Gasteiger charge is 2.17. The first kappa shape index (κ1) is 11.0. The number of ether oxygens (including phenoxy) is 1. The van der Waals surface area contributed by atoms with Gasteiger partial charge in [-0.2, -0.15) is 0 Å². The molecule has 0 aromatic carbocycles. The van der Waals surface area contributed by atoms with Crippen molar-refractivity contribution < 1.29 is 4.74 Å². The van der Waals surface area contributed by atoms with Crippen molar-refractivity contribution in [2.45, 2.75) is 32.6 Å². The normalized spacial score (nSPS) is 24.9. The Morgan fingerprint density at radius 1 is 1.46 bits per heavy atom. The molecule has 0 aromatic rings. The van der Waals surface area contributed by atoms with Crippen molar-refractivity contribution >= 4 is 0 Å². The van der Waals surface area contributed by atoms with Crippen LogP contribution in [0.25, 0.3) is 0 Å². The van der Waals surface area contributed by atoms with Gasteiger partial charge in [-0.1, -0.05) is 6.92 Å². The second-order valence-corrected chi connectivity index (χ2v) is 4.04. The molecule has 0 spiro atoms. The predicted octanol–water partition coefficient (Wildman–Crippen LogP) is 2.14. The molecule has 0 aliphatic carbocycles. The van der Waals surface area contributed by atoms with Gasteiger partial charge in [0.2, 0.25) is 0 Å². The van der Waals surface area contributed by atoms with E-state index in [-0.39, 0.29) is 0 Å². The lowest BCUT2D eigenvalue weighted by atomic mass is 9.93. The molecule has 0 saturated carbocycles. The summed E-state index contributed by atoms with van der Waals surface area (Å²) in [4.78, 5) is 2.57. The second-order valence-electron chi connectivity index (χ2n) is 4.04. The Morgan fingerprint density at radius 2 is 2.31 bits per heavy atom. The van der Waals surface area contributed by atoms with Crippen LogP contribution in [0.5, 0.6) is 0 Å². The fourth-order valence-corrected chi connectivity index (χ4v) is 2.19. The minimum atomic E-state index is 0.933. The van der Waals surface area contributed by atoms with Gasteiger partial charge in [0.25, 0.3) is 0 Å². The number of piperidine rings is 1. The molecule has 0 N–H and O–H groups in total. The molecule has 1 aliphatic rings. The number of likely N-dealkylation sites (tertiary alicyclic amines) is 1. The maximum absolute atomic E-state index is 5.07. The monoisotopic (exact) mass is 185 g/mol. The molecule has 1 fully saturated rings. The van der Waals surface area contributed by atoms with Gasteiger partial charge in [0.05, 0.1) is 0 Å². The van der Waals surface area contributed by atoms with Crippen molar-refractivity contribution in [3.63, 3.8) is 0 Å². The van der Waals surface area contributed by atoms with Gasteiger partial charge in [-0.05, 0) is 44.7 Å². The van der Waals surface area contributed by atoms with E-state index in [1.165, 1.54) is 45.3 Å². The lowest BCUT2D eigenvalue weighted by Gasteiger charge is -2.31. The minimum Gasteiger partial charge on any atom is -0.385 e. The van der Waals surface area contributed by atoms with Crippen molar-refractivity contribution in [1.82, 2.24) is 4.90 Å². The zero-order valence-electron chi connectivity index (χ0n) is 9.09. The first-order valence-electron chi connectivity index (χ1n) is 5.58. The Hall–Kier alpha value is -0.0800. The quantitative estimate of drug-likeness (QED) is 0.608. The summed E-state index contributed by atoms with van der Waals surface area (Å²) in [6.07, 6.45) is 5.41. The first-order chi connectivity index (χ1) is 6.36. The molecule has 1 aliphatic heterocycles. The Bertz CT molecular complexity index is 127. The van der Waals surface area contributed by atoms with Crippen molar-refractivity contribution in [2.75, 3.05) is 33.4 Å². The van der Waals surface area contributed by atoms with Crippen LogP contribution in [-0.4, -0.2) is 38.3 Å². The molecule has 0 unspecified atom stereocenters. The van der Waals surface area contributed by atoms with E-state index in [4.69, 9.17) is 4.74 Å². The highest BCUT2D eigenvalue weighted by molar-refractivity contribution is 4.71. The summed E-state index contributed by atoms with van der Waals surface area (Å²) in [6.45, 7) is 7.05. The lowest BCUT2D eigenvalue weighted by molar-refractivity contribution is 0.151. The van der Waals surface area contributed by atoms with Crippen molar-refractivity contribution in [3.8, 4) is 0 Å². The first-order valence-corrected chi connectivity index (χ1v) is 5.58. The summed E-state index contributed by atoms with van der Waals surface area (Å²) in [6, 6.07) is 0. The number of hydrogen-bond donors (Lipinski definition) is 0. The third-order valence-electron chi connectivity index (χ3n) is 3.01. The summed E-state index contributed by atoms with van der Waals surface area (Å²) in [7, 11) is 1.79. The topological polar surface area (TPSA) is 12.5 Å². The number of methoxy groups -OCH3 is 1. The van der Waals surface area contributed by atoms with Crippen LogP contribution in [0.1, 0.15) is 32.6 Å². The van der Waals surface area contributed by atoms with Crippen LogP contribution in [0.15, 0.2) is 0 Å². The van der Waals surface area contributed by atoms with E-state index in [9.17, 15) is 0 Å². The van der Waals surface area contributed by atoms with Crippen LogP contribution in [0.4, 0.5) is 0 Å². The Kier molecular flexibility index (Phi) is 5.40. The molecule has 78 valence electrons. The van der Waals surface area contributed by atoms with Crippen molar-refractivity contribution in [3.05, 3.63) is 0 Å². The third-order valence-corrected chi connectivity index (χ3v) is 3.01. The van der Waals surface area contributed by atoms with Crippen molar-refractivity contribution in [2.24, 2.45) is 5.92 Å². The van der Waals surface area contributed by atoms with Crippen LogP contribution in [0.3, 0.4) is 0 Å². The van der Waals surface area contributed by atoms with Gasteiger partial charge < -0.3 is 9.64 Å². The molecule has 13 heavy (non-hydrogen) atoms. The summed E-state index contributed by atoms with van der Waals surface area (Å²) in [5.74, 6) is 0.934. The van der Waals surface area contributed by atoms with E-state index >= 15 is 0 Å². The molecule has 0 radical (unpaired) electrons. The average molecular weight is 185 g/mol. The van der Waals surface area contributed by atoms with Crippen molar-refractivity contribution in [1.29, 1.82) is 0 Å². The minimum absolute atomic E-state index is 0.933. The van der Waals surface area contributed by atoms with E-state index < -0.39 is 0 Å². The maximum atomic E-state index is 5.07. The van der Waals surface area contributed by atoms with E-state index in [0.29, 0.717) is 0 Å². The summed E-state index contributed by atoms with van der Waals surface area (Å²) >= 11 is 0. The molecule has 2 heteroatoms. The van der Waals surface area contributed by atoms with Gasteiger partial charge in [0.1, 0.15) is 0 Å². The standard InChI is InChI=1S/C11H23NO/c1-3-12-8-4-6-11(10-12)7-5-9-13-2/h11H,3-10H2,1-2H3/t11-/m0/s1. The van der Waals surface area contributed by atoms with Gasteiger partial charge in [0, 0.05) is 20.3 Å². The molecule has 1 atom stereocenters. The van der Waals surface area contributed by atoms with Gasteiger partial charge in [-0.3, -0.25) is 0 Å². The highest BCUT2D eigenvalue weighted by Crippen LogP contribution is 2.20. The van der Waals surface area contributed by atoms with Gasteiger partial charge in [0.15, 0.2) is 0 Å². The summed E-state index contributed by atoms with van der Waals surface area (Å²) in [5, 5.41) is 0. The summed E-state index contributed by atoms with van der Waals surface area (Å²) in [5.41, 5.74) is 0. The number of rotatable bonds is 5. The largest absolute Gasteiger partial charge is 0.385 e. The van der Waals surface area contributed by atoms with E-state index in [1.54, 1.807) is 7.11 Å². The smallest absolute Gasteiger partial charge is 0.0462 e. The van der Waals surface area contributed by atoms with Gasteiger partial charge >= 0.3 is 0 Å². The fraction of sp³-hybridized carbons (Fsp3) is 1.00. The average Bonchev–Trinajstić information content (AvgIpc) is 2.19. The summed E-state index contributed by atoms with van der Waals surface area (Å²) < 4.78 is 5.07. The number of hydrogen-bond acceptors (Lipinski definition) is 2. The third kappa shape index (κ3) is 4.10.